The summed E-state index contributed by atoms with van der Waals surface area (Å²) >= 11 is 0. The Hall–Kier alpha value is -1.10. The summed E-state index contributed by atoms with van der Waals surface area (Å²) < 4.78 is 0. The molecule has 0 aromatic carbocycles. The van der Waals surface area contributed by atoms with E-state index in [1.54, 1.807) is 0 Å². The van der Waals surface area contributed by atoms with Crippen molar-refractivity contribution in [2.45, 2.75) is 51.2 Å². The molecule has 2 fully saturated rings. The average molecular weight is 254 g/mol. The van der Waals surface area contributed by atoms with Crippen LogP contribution in [-0.2, 0) is 9.59 Å². The average Bonchev–Trinajstić information content (AvgIpc) is 2.84. The van der Waals surface area contributed by atoms with Crippen molar-refractivity contribution in [2.24, 2.45) is 5.92 Å². The van der Waals surface area contributed by atoms with Crippen LogP contribution in [0, 0.1) is 5.92 Å². The van der Waals surface area contributed by atoms with Crippen LogP contribution in [0.1, 0.15) is 39.0 Å². The first-order valence-electron chi connectivity index (χ1n) is 6.82. The predicted octanol–water partition coefficient (Wildman–Crippen LogP) is 0.274. The second kappa shape index (κ2) is 5.69. The lowest BCUT2D eigenvalue weighted by atomic mass is 9.83. The van der Waals surface area contributed by atoms with Crippen molar-refractivity contribution in [3.63, 3.8) is 0 Å². The van der Waals surface area contributed by atoms with Crippen LogP contribution in [0.3, 0.4) is 0 Å². The largest absolute Gasteiger partial charge is 0.391 e. The summed E-state index contributed by atoms with van der Waals surface area (Å²) in [5, 5.41) is 12.7. The molecule has 0 radical (unpaired) electrons. The Balaban J connectivity index is 1.87. The number of aliphatic hydroxyl groups excluding tert-OH is 1. The third-order valence-electron chi connectivity index (χ3n) is 3.97. The van der Waals surface area contributed by atoms with Gasteiger partial charge >= 0.3 is 0 Å². The number of likely N-dealkylation sites (tertiary alicyclic amines) is 1. The van der Waals surface area contributed by atoms with Gasteiger partial charge in [-0.25, -0.2) is 0 Å². The maximum atomic E-state index is 12.2. The van der Waals surface area contributed by atoms with Crippen molar-refractivity contribution in [1.29, 1.82) is 0 Å². The minimum atomic E-state index is -0.598. The lowest BCUT2D eigenvalue weighted by Gasteiger charge is -2.34. The molecular weight excluding hydrogens is 232 g/mol. The van der Waals surface area contributed by atoms with Gasteiger partial charge in [0.15, 0.2) is 0 Å². The second-order valence-electron chi connectivity index (χ2n) is 5.42. The Morgan fingerprint density at radius 1 is 1.22 bits per heavy atom. The van der Waals surface area contributed by atoms with Gasteiger partial charge in [-0.1, -0.05) is 0 Å². The smallest absolute Gasteiger partial charge is 0.225 e. The molecule has 1 aliphatic heterocycles. The third-order valence-corrected chi connectivity index (χ3v) is 3.97. The minimum Gasteiger partial charge on any atom is -0.391 e. The maximum Gasteiger partial charge on any atom is 0.225 e. The van der Waals surface area contributed by atoms with Crippen LogP contribution in [0.2, 0.25) is 0 Å². The predicted molar refractivity (Wildman–Crippen MR) is 66.8 cm³/mol. The fraction of sp³-hybridized carbons (Fsp3) is 0.846. The van der Waals surface area contributed by atoms with Crippen LogP contribution in [-0.4, -0.2) is 47.1 Å². The number of carbonyl (C=O) groups is 2. The highest BCUT2D eigenvalue weighted by molar-refractivity contribution is 5.79. The van der Waals surface area contributed by atoms with Gasteiger partial charge in [0, 0.05) is 25.9 Å². The van der Waals surface area contributed by atoms with E-state index in [1.165, 1.54) is 6.92 Å². The molecule has 0 spiro atoms. The summed E-state index contributed by atoms with van der Waals surface area (Å²) in [5.41, 5.74) is 0. The highest BCUT2D eigenvalue weighted by Crippen LogP contribution is 2.27. The number of nitrogens with zero attached hydrogens (tertiary/aromatic N) is 1. The number of carbonyl (C=O) groups excluding carboxylic acids is 2. The number of rotatable bonds is 2. The van der Waals surface area contributed by atoms with Crippen molar-refractivity contribution >= 4 is 11.8 Å². The van der Waals surface area contributed by atoms with Gasteiger partial charge in [0.1, 0.15) is 0 Å². The fourth-order valence-electron chi connectivity index (χ4n) is 3.00. The lowest BCUT2D eigenvalue weighted by molar-refractivity contribution is -0.137. The molecular formula is C13H22N2O3. The first-order chi connectivity index (χ1) is 8.58. The first kappa shape index (κ1) is 13.3. The van der Waals surface area contributed by atoms with E-state index in [0.29, 0.717) is 12.8 Å². The monoisotopic (exact) mass is 254 g/mol. The molecule has 5 heteroatoms. The Bertz CT molecular complexity index is 326. The molecule has 1 saturated carbocycles. The normalized spacial score (nSPS) is 32.3. The number of hydrogen-bond donors (Lipinski definition) is 2. The van der Waals surface area contributed by atoms with Gasteiger partial charge in [-0.05, 0) is 32.1 Å². The Morgan fingerprint density at radius 2 is 1.89 bits per heavy atom. The van der Waals surface area contributed by atoms with Gasteiger partial charge in [0.05, 0.1) is 12.1 Å². The van der Waals surface area contributed by atoms with Gasteiger partial charge in [0.2, 0.25) is 11.8 Å². The van der Waals surface area contributed by atoms with Crippen molar-refractivity contribution in [2.75, 3.05) is 13.1 Å². The van der Waals surface area contributed by atoms with E-state index in [4.69, 9.17) is 0 Å². The first-order valence-corrected chi connectivity index (χ1v) is 6.82. The zero-order chi connectivity index (χ0) is 13.1. The SMILES string of the molecule is CC(=O)N[C@@H]1CC[C@H](C(=O)N2CCCC2)C[C@H]1O. The van der Waals surface area contributed by atoms with Crippen LogP contribution in [0.15, 0.2) is 0 Å². The summed E-state index contributed by atoms with van der Waals surface area (Å²) in [4.78, 5) is 25.1. The molecule has 0 bridgehead atoms. The number of nitrogens with one attached hydrogen (secondary N) is 1. The van der Waals surface area contributed by atoms with E-state index in [0.717, 1.165) is 32.4 Å². The van der Waals surface area contributed by atoms with Gasteiger partial charge in [-0.15, -0.1) is 0 Å². The molecule has 1 aliphatic carbocycles. The molecule has 2 aliphatic rings. The Kier molecular flexibility index (Phi) is 4.22. The molecule has 18 heavy (non-hydrogen) atoms. The highest BCUT2D eigenvalue weighted by Gasteiger charge is 2.35. The summed E-state index contributed by atoms with van der Waals surface area (Å²) in [6, 6.07) is -0.190. The minimum absolute atomic E-state index is 0.0666. The van der Waals surface area contributed by atoms with Crippen LogP contribution >= 0.6 is 0 Å². The van der Waals surface area contributed by atoms with Gasteiger partial charge in [-0.2, -0.15) is 0 Å². The van der Waals surface area contributed by atoms with Crippen LogP contribution < -0.4 is 5.32 Å². The van der Waals surface area contributed by atoms with Crippen molar-refractivity contribution < 1.29 is 14.7 Å². The molecule has 0 aromatic heterocycles. The quantitative estimate of drug-likeness (QED) is 0.743. The van der Waals surface area contributed by atoms with E-state index in [9.17, 15) is 14.7 Å². The van der Waals surface area contributed by atoms with E-state index in [1.807, 2.05) is 4.90 Å². The van der Waals surface area contributed by atoms with Gasteiger partial charge < -0.3 is 15.3 Å². The zero-order valence-corrected chi connectivity index (χ0v) is 10.9. The number of hydrogen-bond acceptors (Lipinski definition) is 3. The molecule has 2 N–H and O–H groups in total. The van der Waals surface area contributed by atoms with E-state index in [2.05, 4.69) is 5.32 Å². The molecule has 102 valence electrons. The lowest BCUT2D eigenvalue weighted by Crippen LogP contribution is -2.48. The van der Waals surface area contributed by atoms with E-state index < -0.39 is 6.10 Å². The molecule has 0 aromatic rings. The van der Waals surface area contributed by atoms with E-state index in [-0.39, 0.29) is 23.8 Å². The molecule has 3 atom stereocenters. The standard InChI is InChI=1S/C13H22N2O3/c1-9(16)14-11-5-4-10(8-12(11)17)13(18)15-6-2-3-7-15/h10-12,17H,2-8H2,1H3,(H,14,16)/t10-,11+,12+/m0/s1. The molecule has 1 saturated heterocycles. The van der Waals surface area contributed by atoms with Crippen molar-refractivity contribution in [1.82, 2.24) is 10.2 Å². The third kappa shape index (κ3) is 3.02. The fourth-order valence-corrected chi connectivity index (χ4v) is 3.00. The zero-order valence-electron chi connectivity index (χ0n) is 10.9. The molecule has 2 amide bonds. The van der Waals surface area contributed by atoms with Crippen molar-refractivity contribution in [3.05, 3.63) is 0 Å². The van der Waals surface area contributed by atoms with Crippen LogP contribution in [0.5, 0.6) is 0 Å². The van der Waals surface area contributed by atoms with Crippen LogP contribution in [0.4, 0.5) is 0 Å². The van der Waals surface area contributed by atoms with Gasteiger partial charge in [-0.3, -0.25) is 9.59 Å². The van der Waals surface area contributed by atoms with E-state index >= 15 is 0 Å². The summed E-state index contributed by atoms with van der Waals surface area (Å²) in [6.45, 7) is 3.18. The highest BCUT2D eigenvalue weighted by atomic mass is 16.3. The Morgan fingerprint density at radius 3 is 2.44 bits per heavy atom. The second-order valence-corrected chi connectivity index (χ2v) is 5.42. The Labute approximate surface area is 108 Å². The van der Waals surface area contributed by atoms with Crippen LogP contribution in [0.25, 0.3) is 0 Å². The number of aliphatic hydroxyl groups is 1. The van der Waals surface area contributed by atoms with Gasteiger partial charge in [0.25, 0.3) is 0 Å². The maximum absolute atomic E-state index is 12.2. The summed E-state index contributed by atoms with van der Waals surface area (Å²) in [6.07, 6.45) is 3.51. The summed E-state index contributed by atoms with van der Waals surface area (Å²) in [7, 11) is 0. The molecule has 0 unspecified atom stereocenters. The van der Waals surface area contributed by atoms with Crippen molar-refractivity contribution in [3.8, 4) is 0 Å². The molecule has 1 heterocycles. The number of amides is 2. The summed E-state index contributed by atoms with van der Waals surface area (Å²) in [5.74, 6) is -0.000646. The topological polar surface area (TPSA) is 69.6 Å². The molecule has 2 rings (SSSR count). The molecule has 5 nitrogen and oxygen atoms in total.